The third-order valence-corrected chi connectivity index (χ3v) is 15.5. The van der Waals surface area contributed by atoms with Gasteiger partial charge in [-0.25, -0.2) is 4.79 Å². The number of ether oxygens (including phenoxy) is 3. The number of amides is 1. The lowest BCUT2D eigenvalue weighted by molar-refractivity contribution is -0.236. The zero-order valence-corrected chi connectivity index (χ0v) is 30.6. The van der Waals surface area contributed by atoms with Crippen molar-refractivity contribution >= 4 is 18.0 Å². The number of nitrogens with one attached hydrogen (secondary N) is 1. The predicted molar refractivity (Wildman–Crippen MR) is 186 cm³/mol. The van der Waals surface area contributed by atoms with Crippen molar-refractivity contribution in [1.82, 2.24) is 5.32 Å². The number of hydrogen-bond donors (Lipinski definition) is 1. The van der Waals surface area contributed by atoms with E-state index in [-0.39, 0.29) is 47.4 Å². The molecule has 0 bridgehead atoms. The molecule has 5 aliphatic rings. The second-order valence-corrected chi connectivity index (χ2v) is 17.4. The van der Waals surface area contributed by atoms with Crippen LogP contribution in [-0.4, -0.2) is 37.3 Å². The molecule has 1 aromatic rings. The van der Waals surface area contributed by atoms with Crippen molar-refractivity contribution in [3.05, 3.63) is 35.9 Å². The molecule has 0 aromatic heterocycles. The summed E-state index contributed by atoms with van der Waals surface area (Å²) in [4.78, 5) is 39.4. The molecule has 5 saturated carbocycles. The van der Waals surface area contributed by atoms with Crippen LogP contribution in [0.1, 0.15) is 118 Å². The molecule has 1 N–H and O–H groups in total. The first kappa shape index (κ1) is 35.3. The molecule has 0 spiro atoms. The highest BCUT2D eigenvalue weighted by Gasteiger charge is 2.71. The minimum absolute atomic E-state index is 0.0751. The molecule has 1 aromatic carbocycles. The largest absolute Gasteiger partial charge is 0.508 e. The van der Waals surface area contributed by atoms with E-state index in [4.69, 9.17) is 14.2 Å². The zero-order valence-electron chi connectivity index (χ0n) is 30.6. The Morgan fingerprint density at radius 1 is 0.854 bits per heavy atom. The monoisotopic (exact) mass is 663 g/mol. The number of fused-ring (bicyclic) bond motifs is 7. The van der Waals surface area contributed by atoms with E-state index >= 15 is 0 Å². The van der Waals surface area contributed by atoms with Gasteiger partial charge in [-0.05, 0) is 134 Å². The van der Waals surface area contributed by atoms with Crippen LogP contribution in [0.25, 0.3) is 0 Å². The predicted octanol–water partition coefficient (Wildman–Crippen LogP) is 8.74. The zero-order chi connectivity index (χ0) is 34.5. The normalized spacial score (nSPS) is 41.6. The Morgan fingerprint density at radius 3 is 2.31 bits per heavy atom. The molecule has 6 unspecified atom stereocenters. The lowest BCUT2D eigenvalue weighted by Gasteiger charge is -2.72. The van der Waals surface area contributed by atoms with E-state index < -0.39 is 11.6 Å². The van der Waals surface area contributed by atoms with E-state index in [0.29, 0.717) is 48.0 Å². The maximum absolute atomic E-state index is 14.3. The molecular weight excluding hydrogens is 602 g/mol. The molecule has 7 heteroatoms. The molecule has 5 fully saturated rings. The van der Waals surface area contributed by atoms with Crippen LogP contribution < -0.4 is 5.32 Å². The summed E-state index contributed by atoms with van der Waals surface area (Å²) in [6, 6.07) is 9.68. The van der Waals surface area contributed by atoms with Crippen molar-refractivity contribution < 1.29 is 28.6 Å². The Kier molecular flexibility index (Phi) is 9.76. The van der Waals surface area contributed by atoms with Gasteiger partial charge >= 0.3 is 12.1 Å². The Morgan fingerprint density at radius 2 is 1.60 bits per heavy atom. The fourth-order valence-corrected chi connectivity index (χ4v) is 12.9. The van der Waals surface area contributed by atoms with E-state index in [1.807, 2.05) is 37.3 Å². The molecule has 0 aliphatic heterocycles. The van der Waals surface area contributed by atoms with Crippen molar-refractivity contribution in [2.75, 3.05) is 13.2 Å². The van der Waals surface area contributed by atoms with E-state index in [9.17, 15) is 14.4 Å². The van der Waals surface area contributed by atoms with Crippen LogP contribution in [-0.2, 0) is 30.4 Å². The van der Waals surface area contributed by atoms with Gasteiger partial charge in [0.25, 0.3) is 0 Å². The van der Waals surface area contributed by atoms with Gasteiger partial charge in [0, 0.05) is 0 Å². The highest BCUT2D eigenvalue weighted by molar-refractivity contribution is 5.87. The van der Waals surface area contributed by atoms with E-state index in [1.165, 1.54) is 12.8 Å². The maximum atomic E-state index is 14.3. The van der Waals surface area contributed by atoms with Crippen molar-refractivity contribution in [3.8, 4) is 0 Å². The van der Waals surface area contributed by atoms with Crippen molar-refractivity contribution in [1.29, 1.82) is 0 Å². The quantitative estimate of drug-likeness (QED) is 0.280. The topological polar surface area (TPSA) is 90.9 Å². The summed E-state index contributed by atoms with van der Waals surface area (Å²) in [6.07, 6.45) is 10.0. The summed E-state index contributed by atoms with van der Waals surface area (Å²) in [7, 11) is 0. The number of hydrogen-bond acceptors (Lipinski definition) is 6. The first-order valence-electron chi connectivity index (χ1n) is 19.1. The minimum Gasteiger partial charge on any atom is -0.460 e. The SMILES string of the molecule is CCOC(=O)O[C@@H]1CC[C@@]2(C)C(CC[C@]3(C)C2CCC2C4C(C(C)C)CCC4(C(=O)NCC(=O)OCc4ccccc4)CC[C@]23C)[C@H]1C. The van der Waals surface area contributed by atoms with Gasteiger partial charge < -0.3 is 19.5 Å². The summed E-state index contributed by atoms with van der Waals surface area (Å²) in [5.74, 6) is 2.96. The van der Waals surface area contributed by atoms with Crippen LogP contribution in [0.15, 0.2) is 30.3 Å². The van der Waals surface area contributed by atoms with Crippen molar-refractivity contribution in [2.24, 2.45) is 63.1 Å². The summed E-state index contributed by atoms with van der Waals surface area (Å²) in [6.45, 7) is 17.1. The lowest BCUT2D eigenvalue weighted by atomic mass is 9.33. The molecule has 48 heavy (non-hydrogen) atoms. The standard InChI is InChI=1S/C41H61NO6/c1-8-46-37(45)48-32-18-19-38(5)30(27(32)4)17-20-40(7)33(38)15-14-31-35-29(26(2)3)16-21-41(35,23-22-39(31,40)6)36(44)42-24-34(43)47-25-28-12-10-9-11-13-28/h9-13,26-27,29-33,35H,8,14-25H2,1-7H3,(H,42,44)/t27-,29?,30?,31?,32-,33?,35?,38+,39-,40-,41?/m1/s1. The summed E-state index contributed by atoms with van der Waals surface area (Å²) < 4.78 is 16.5. The van der Waals surface area contributed by atoms with Gasteiger partial charge in [-0.15, -0.1) is 0 Å². The van der Waals surface area contributed by atoms with E-state index in [0.717, 1.165) is 56.9 Å². The van der Waals surface area contributed by atoms with Crippen LogP contribution in [0.5, 0.6) is 0 Å². The van der Waals surface area contributed by atoms with Gasteiger partial charge in [0.15, 0.2) is 0 Å². The first-order valence-corrected chi connectivity index (χ1v) is 19.1. The smallest absolute Gasteiger partial charge is 0.460 e. The molecule has 0 radical (unpaired) electrons. The highest BCUT2D eigenvalue weighted by Crippen LogP contribution is 2.77. The first-order chi connectivity index (χ1) is 22.8. The minimum atomic E-state index is -0.526. The Balaban J connectivity index is 1.20. The third kappa shape index (κ3) is 5.67. The Hall–Kier alpha value is -2.57. The van der Waals surface area contributed by atoms with E-state index in [2.05, 4.69) is 46.9 Å². The van der Waals surface area contributed by atoms with Crippen LogP contribution in [0, 0.1) is 63.1 Å². The summed E-state index contributed by atoms with van der Waals surface area (Å²) >= 11 is 0. The third-order valence-electron chi connectivity index (χ3n) is 15.5. The van der Waals surface area contributed by atoms with Crippen LogP contribution in [0.2, 0.25) is 0 Å². The van der Waals surface area contributed by atoms with Gasteiger partial charge in [-0.3, -0.25) is 9.59 Å². The van der Waals surface area contributed by atoms with Gasteiger partial charge in [0.05, 0.1) is 12.0 Å². The molecule has 0 heterocycles. The number of benzene rings is 1. The molecule has 5 aliphatic carbocycles. The lowest BCUT2D eigenvalue weighted by Crippen LogP contribution is -2.66. The second kappa shape index (κ2) is 13.3. The van der Waals surface area contributed by atoms with Crippen LogP contribution >= 0.6 is 0 Å². The fourth-order valence-electron chi connectivity index (χ4n) is 12.9. The average molecular weight is 664 g/mol. The summed E-state index contributed by atoms with van der Waals surface area (Å²) in [5.41, 5.74) is 1.06. The summed E-state index contributed by atoms with van der Waals surface area (Å²) in [5, 5.41) is 3.10. The number of carbonyl (C=O) groups excluding carboxylic acids is 3. The number of rotatable bonds is 8. The highest BCUT2D eigenvalue weighted by atomic mass is 16.7. The van der Waals surface area contributed by atoms with Crippen molar-refractivity contribution in [3.63, 3.8) is 0 Å². The Labute approximate surface area is 289 Å². The van der Waals surface area contributed by atoms with Gasteiger partial charge in [0.2, 0.25) is 5.91 Å². The molecule has 266 valence electrons. The molecule has 11 atom stereocenters. The average Bonchev–Trinajstić information content (AvgIpc) is 3.46. The number of esters is 1. The molecule has 0 saturated heterocycles. The Bertz CT molecular complexity index is 1350. The maximum Gasteiger partial charge on any atom is 0.508 e. The molecule has 1 amide bonds. The number of carbonyl (C=O) groups is 3. The van der Waals surface area contributed by atoms with Gasteiger partial charge in [-0.1, -0.05) is 71.9 Å². The van der Waals surface area contributed by atoms with Gasteiger partial charge in [-0.2, -0.15) is 0 Å². The molecule has 6 rings (SSSR count). The van der Waals surface area contributed by atoms with Gasteiger partial charge in [0.1, 0.15) is 19.3 Å². The molecular formula is C41H61NO6. The second-order valence-electron chi connectivity index (χ2n) is 17.4. The van der Waals surface area contributed by atoms with Crippen LogP contribution in [0.3, 0.4) is 0 Å². The molecule has 7 nitrogen and oxygen atoms in total. The fraction of sp³-hybridized carbons (Fsp3) is 0.780. The van der Waals surface area contributed by atoms with Crippen LogP contribution in [0.4, 0.5) is 4.79 Å². The van der Waals surface area contributed by atoms with Crippen molar-refractivity contribution in [2.45, 2.75) is 125 Å². The van der Waals surface area contributed by atoms with E-state index in [1.54, 1.807) is 0 Å².